The largest absolute Gasteiger partial charge is 0.396 e. The molecule has 0 aliphatic carbocycles. The van der Waals surface area contributed by atoms with Crippen molar-refractivity contribution in [2.24, 2.45) is 0 Å². The Morgan fingerprint density at radius 3 is 2.75 bits per heavy atom. The molecule has 0 saturated heterocycles. The number of aromatic nitrogens is 1. The molecule has 100 valence electrons. The molecule has 1 aromatic heterocycles. The fourth-order valence-corrected chi connectivity index (χ4v) is 2.67. The highest BCUT2D eigenvalue weighted by atomic mass is 79.9. The number of benzene rings is 2. The lowest BCUT2D eigenvalue weighted by Gasteiger charge is -2.14. The maximum Gasteiger partial charge on any atom is 0.0746 e. The summed E-state index contributed by atoms with van der Waals surface area (Å²) in [6.45, 7) is 2.06. The molecule has 0 saturated carbocycles. The van der Waals surface area contributed by atoms with Crippen molar-refractivity contribution >= 4 is 43.9 Å². The SMILES string of the molecule is Cc1cc(Br)ccc1Nc1c(N)cnc2ccccc12. The lowest BCUT2D eigenvalue weighted by Crippen LogP contribution is -2.00. The van der Waals surface area contributed by atoms with Gasteiger partial charge < -0.3 is 11.1 Å². The van der Waals surface area contributed by atoms with E-state index in [0.717, 1.165) is 32.3 Å². The first-order chi connectivity index (χ1) is 9.65. The van der Waals surface area contributed by atoms with E-state index in [9.17, 15) is 0 Å². The number of halogens is 1. The Bertz CT molecular complexity index is 784. The summed E-state index contributed by atoms with van der Waals surface area (Å²) in [5, 5.41) is 4.45. The molecule has 0 spiro atoms. The van der Waals surface area contributed by atoms with Crippen LogP contribution in [-0.4, -0.2) is 4.98 Å². The van der Waals surface area contributed by atoms with Crippen LogP contribution in [0.5, 0.6) is 0 Å². The normalized spacial score (nSPS) is 10.7. The fourth-order valence-electron chi connectivity index (χ4n) is 2.20. The van der Waals surface area contributed by atoms with Gasteiger partial charge in [0.15, 0.2) is 0 Å². The van der Waals surface area contributed by atoms with Crippen LogP contribution in [-0.2, 0) is 0 Å². The predicted molar refractivity (Wildman–Crippen MR) is 88.3 cm³/mol. The summed E-state index contributed by atoms with van der Waals surface area (Å²) in [4.78, 5) is 4.35. The second-order valence-electron chi connectivity index (χ2n) is 4.69. The molecule has 3 N–H and O–H groups in total. The third-order valence-corrected chi connectivity index (χ3v) is 3.75. The number of nitrogen functional groups attached to an aromatic ring is 1. The Balaban J connectivity index is 2.12. The molecule has 0 unspecified atom stereocenters. The summed E-state index contributed by atoms with van der Waals surface area (Å²) in [5.41, 5.74) is 10.7. The third kappa shape index (κ3) is 2.34. The number of fused-ring (bicyclic) bond motifs is 1. The lowest BCUT2D eigenvalue weighted by molar-refractivity contribution is 1.39. The van der Waals surface area contributed by atoms with Crippen molar-refractivity contribution in [2.75, 3.05) is 11.1 Å². The van der Waals surface area contributed by atoms with E-state index in [1.54, 1.807) is 6.20 Å². The fraction of sp³-hybridized carbons (Fsp3) is 0.0625. The van der Waals surface area contributed by atoms with Gasteiger partial charge in [-0.3, -0.25) is 4.98 Å². The smallest absolute Gasteiger partial charge is 0.0746 e. The van der Waals surface area contributed by atoms with Gasteiger partial charge in [0.25, 0.3) is 0 Å². The summed E-state index contributed by atoms with van der Waals surface area (Å²) in [5.74, 6) is 0. The van der Waals surface area contributed by atoms with E-state index in [4.69, 9.17) is 5.73 Å². The monoisotopic (exact) mass is 327 g/mol. The molecule has 3 rings (SSSR count). The van der Waals surface area contributed by atoms with E-state index in [-0.39, 0.29) is 0 Å². The molecule has 0 atom stereocenters. The Labute approximate surface area is 126 Å². The molecule has 1 heterocycles. The number of nitrogens with one attached hydrogen (secondary N) is 1. The van der Waals surface area contributed by atoms with Crippen LogP contribution in [0.25, 0.3) is 10.9 Å². The molecular weight excluding hydrogens is 314 g/mol. The van der Waals surface area contributed by atoms with Gasteiger partial charge in [-0.25, -0.2) is 0 Å². The quantitative estimate of drug-likeness (QED) is 0.721. The molecule has 20 heavy (non-hydrogen) atoms. The van der Waals surface area contributed by atoms with Crippen LogP contribution in [0.15, 0.2) is 53.1 Å². The summed E-state index contributed by atoms with van der Waals surface area (Å²) in [6, 6.07) is 14.1. The number of nitrogens with zero attached hydrogens (tertiary/aromatic N) is 1. The zero-order valence-electron chi connectivity index (χ0n) is 11.0. The highest BCUT2D eigenvalue weighted by Crippen LogP contribution is 2.32. The van der Waals surface area contributed by atoms with Gasteiger partial charge in [-0.05, 0) is 36.8 Å². The van der Waals surface area contributed by atoms with Crippen molar-refractivity contribution in [1.82, 2.24) is 4.98 Å². The molecule has 0 radical (unpaired) electrons. The molecule has 0 bridgehead atoms. The van der Waals surface area contributed by atoms with Crippen molar-refractivity contribution in [3.8, 4) is 0 Å². The van der Waals surface area contributed by atoms with Crippen molar-refractivity contribution < 1.29 is 0 Å². The number of anilines is 3. The van der Waals surface area contributed by atoms with Gasteiger partial charge in [0, 0.05) is 15.5 Å². The van der Waals surface area contributed by atoms with Crippen molar-refractivity contribution in [1.29, 1.82) is 0 Å². The molecule has 0 amide bonds. The Morgan fingerprint density at radius 2 is 1.95 bits per heavy atom. The molecule has 0 aliphatic rings. The minimum absolute atomic E-state index is 0.644. The molecule has 3 nitrogen and oxygen atoms in total. The van der Waals surface area contributed by atoms with E-state index in [1.165, 1.54) is 0 Å². The van der Waals surface area contributed by atoms with Gasteiger partial charge >= 0.3 is 0 Å². The summed E-state index contributed by atoms with van der Waals surface area (Å²) in [6.07, 6.45) is 1.69. The summed E-state index contributed by atoms with van der Waals surface area (Å²) in [7, 11) is 0. The van der Waals surface area contributed by atoms with Crippen LogP contribution in [0, 0.1) is 6.92 Å². The van der Waals surface area contributed by atoms with Gasteiger partial charge in [-0.2, -0.15) is 0 Å². The molecule has 2 aromatic carbocycles. The number of para-hydroxylation sites is 1. The van der Waals surface area contributed by atoms with E-state index >= 15 is 0 Å². The first-order valence-corrected chi connectivity index (χ1v) is 7.11. The van der Waals surface area contributed by atoms with E-state index in [1.807, 2.05) is 36.4 Å². The second-order valence-corrected chi connectivity index (χ2v) is 5.61. The van der Waals surface area contributed by atoms with E-state index in [2.05, 4.69) is 39.2 Å². The van der Waals surface area contributed by atoms with Gasteiger partial charge in [0.05, 0.1) is 23.1 Å². The standard InChI is InChI=1S/C16H14BrN3/c1-10-8-11(17)6-7-14(10)20-16-12-4-2-3-5-15(12)19-9-13(16)18/h2-9H,18H2,1H3,(H,19,20). The predicted octanol–water partition coefficient (Wildman–Crippen LogP) is 4.63. The summed E-state index contributed by atoms with van der Waals surface area (Å²) >= 11 is 3.47. The van der Waals surface area contributed by atoms with Gasteiger partial charge in [-0.15, -0.1) is 0 Å². The van der Waals surface area contributed by atoms with Crippen molar-refractivity contribution in [3.63, 3.8) is 0 Å². The maximum atomic E-state index is 6.08. The van der Waals surface area contributed by atoms with E-state index in [0.29, 0.717) is 5.69 Å². The summed E-state index contributed by atoms with van der Waals surface area (Å²) < 4.78 is 1.06. The molecule has 3 aromatic rings. The van der Waals surface area contributed by atoms with Crippen molar-refractivity contribution in [3.05, 3.63) is 58.7 Å². The molecule has 4 heteroatoms. The molecule has 0 aliphatic heterocycles. The van der Waals surface area contributed by atoms with Crippen LogP contribution < -0.4 is 11.1 Å². The zero-order valence-corrected chi connectivity index (χ0v) is 12.6. The number of aryl methyl sites for hydroxylation is 1. The average molecular weight is 328 g/mol. The number of rotatable bonds is 2. The topological polar surface area (TPSA) is 50.9 Å². The maximum absolute atomic E-state index is 6.08. The Morgan fingerprint density at radius 1 is 1.15 bits per heavy atom. The Kier molecular flexibility index (Phi) is 3.32. The van der Waals surface area contributed by atoms with Crippen LogP contribution in [0.1, 0.15) is 5.56 Å². The molecular formula is C16H14BrN3. The number of nitrogens with two attached hydrogens (primary N) is 1. The van der Waals surface area contributed by atoms with E-state index < -0.39 is 0 Å². The average Bonchev–Trinajstić information content (AvgIpc) is 2.44. The minimum Gasteiger partial charge on any atom is -0.396 e. The van der Waals surface area contributed by atoms with Crippen LogP contribution in [0.2, 0.25) is 0 Å². The van der Waals surface area contributed by atoms with Crippen LogP contribution in [0.4, 0.5) is 17.1 Å². The third-order valence-electron chi connectivity index (χ3n) is 3.25. The molecule has 0 fully saturated rings. The van der Waals surface area contributed by atoms with Crippen molar-refractivity contribution in [2.45, 2.75) is 6.92 Å². The van der Waals surface area contributed by atoms with Gasteiger partial charge in [0.1, 0.15) is 0 Å². The zero-order chi connectivity index (χ0) is 14.1. The lowest BCUT2D eigenvalue weighted by atomic mass is 10.1. The van der Waals surface area contributed by atoms with Crippen LogP contribution >= 0.6 is 15.9 Å². The number of pyridine rings is 1. The first-order valence-electron chi connectivity index (χ1n) is 6.31. The second kappa shape index (κ2) is 5.13. The first kappa shape index (κ1) is 12.9. The number of hydrogen-bond acceptors (Lipinski definition) is 3. The van der Waals surface area contributed by atoms with Crippen LogP contribution in [0.3, 0.4) is 0 Å². The highest BCUT2D eigenvalue weighted by molar-refractivity contribution is 9.10. The highest BCUT2D eigenvalue weighted by Gasteiger charge is 2.08. The van der Waals surface area contributed by atoms with Gasteiger partial charge in [0.2, 0.25) is 0 Å². The minimum atomic E-state index is 0.644. The van der Waals surface area contributed by atoms with Gasteiger partial charge in [-0.1, -0.05) is 34.1 Å². The number of hydrogen-bond donors (Lipinski definition) is 2. The Hall–Kier alpha value is -2.07.